The third-order valence-electron chi connectivity index (χ3n) is 3.38. The van der Waals surface area contributed by atoms with Gasteiger partial charge in [0.1, 0.15) is 5.75 Å². The van der Waals surface area contributed by atoms with E-state index in [0.29, 0.717) is 29.5 Å². The second kappa shape index (κ2) is 7.02. The molecule has 0 spiro atoms. The summed E-state index contributed by atoms with van der Waals surface area (Å²) in [6.45, 7) is 7.76. The smallest absolute Gasteiger partial charge is 0.253 e. The maximum Gasteiger partial charge on any atom is 0.253 e. The van der Waals surface area contributed by atoms with E-state index in [0.717, 1.165) is 13.0 Å². The van der Waals surface area contributed by atoms with Gasteiger partial charge in [-0.25, -0.2) is 0 Å². The second-order valence-electron chi connectivity index (χ2n) is 4.81. The maximum absolute atomic E-state index is 12.4. The zero-order chi connectivity index (χ0) is 14.4. The standard InChI is InChI=1S/C15H24N2O2/c1-5-11(3)10-17(6-2)15(18)12-7-8-13(16)14(9-12)19-4/h7-9,11H,5-6,10,16H2,1-4H3. The van der Waals surface area contributed by atoms with Crippen molar-refractivity contribution < 1.29 is 9.53 Å². The van der Waals surface area contributed by atoms with Crippen molar-refractivity contribution in [1.82, 2.24) is 4.90 Å². The number of benzene rings is 1. The van der Waals surface area contributed by atoms with Crippen molar-refractivity contribution in [2.75, 3.05) is 25.9 Å². The number of ether oxygens (including phenoxy) is 1. The molecule has 0 saturated carbocycles. The van der Waals surface area contributed by atoms with Gasteiger partial charge in [-0.1, -0.05) is 20.3 Å². The van der Waals surface area contributed by atoms with Gasteiger partial charge in [0.25, 0.3) is 5.91 Å². The van der Waals surface area contributed by atoms with E-state index in [1.807, 2.05) is 11.8 Å². The predicted octanol–water partition coefficient (Wildman–Crippen LogP) is 2.79. The highest BCUT2D eigenvalue weighted by atomic mass is 16.5. The van der Waals surface area contributed by atoms with E-state index in [9.17, 15) is 4.79 Å². The number of nitrogens with zero attached hydrogens (tertiary/aromatic N) is 1. The fourth-order valence-electron chi connectivity index (χ4n) is 1.89. The van der Waals surface area contributed by atoms with Crippen LogP contribution in [0.2, 0.25) is 0 Å². The Hall–Kier alpha value is -1.71. The summed E-state index contributed by atoms with van der Waals surface area (Å²) in [6.07, 6.45) is 1.06. The number of anilines is 1. The van der Waals surface area contributed by atoms with E-state index < -0.39 is 0 Å². The molecule has 0 saturated heterocycles. The van der Waals surface area contributed by atoms with Gasteiger partial charge >= 0.3 is 0 Å². The molecule has 106 valence electrons. The molecule has 0 heterocycles. The Morgan fingerprint density at radius 2 is 2.11 bits per heavy atom. The molecule has 1 aromatic carbocycles. The number of nitrogens with two attached hydrogens (primary N) is 1. The minimum atomic E-state index is 0.0288. The lowest BCUT2D eigenvalue weighted by atomic mass is 10.1. The molecular formula is C15H24N2O2. The molecule has 1 atom stereocenters. The van der Waals surface area contributed by atoms with Crippen molar-refractivity contribution in [3.8, 4) is 5.75 Å². The molecule has 0 aliphatic carbocycles. The van der Waals surface area contributed by atoms with Crippen LogP contribution >= 0.6 is 0 Å². The summed E-state index contributed by atoms with van der Waals surface area (Å²) < 4.78 is 5.16. The van der Waals surface area contributed by atoms with E-state index in [4.69, 9.17) is 10.5 Å². The highest BCUT2D eigenvalue weighted by Gasteiger charge is 2.17. The lowest BCUT2D eigenvalue weighted by Gasteiger charge is -2.24. The van der Waals surface area contributed by atoms with Gasteiger partial charge in [-0.3, -0.25) is 4.79 Å². The van der Waals surface area contributed by atoms with E-state index in [2.05, 4.69) is 13.8 Å². The van der Waals surface area contributed by atoms with Crippen LogP contribution < -0.4 is 10.5 Å². The Bertz CT molecular complexity index is 432. The number of hydrogen-bond donors (Lipinski definition) is 1. The SMILES string of the molecule is CCC(C)CN(CC)C(=O)c1ccc(N)c(OC)c1. The summed E-state index contributed by atoms with van der Waals surface area (Å²) in [5.74, 6) is 1.08. The number of carbonyl (C=O) groups excluding carboxylic acids is 1. The van der Waals surface area contributed by atoms with Crippen molar-refractivity contribution in [2.24, 2.45) is 5.92 Å². The van der Waals surface area contributed by atoms with Crippen LogP contribution in [0.25, 0.3) is 0 Å². The normalized spacial score (nSPS) is 12.0. The molecule has 0 aliphatic heterocycles. The molecule has 1 unspecified atom stereocenters. The van der Waals surface area contributed by atoms with Gasteiger partial charge in [0.2, 0.25) is 0 Å². The van der Waals surface area contributed by atoms with E-state index in [-0.39, 0.29) is 5.91 Å². The van der Waals surface area contributed by atoms with Crippen molar-refractivity contribution in [3.63, 3.8) is 0 Å². The van der Waals surface area contributed by atoms with Crippen LogP contribution in [0.3, 0.4) is 0 Å². The third kappa shape index (κ3) is 3.88. The zero-order valence-electron chi connectivity index (χ0n) is 12.3. The molecule has 1 aromatic rings. The van der Waals surface area contributed by atoms with Crippen LogP contribution in [0, 0.1) is 5.92 Å². The Morgan fingerprint density at radius 3 is 2.63 bits per heavy atom. The van der Waals surface area contributed by atoms with E-state index in [1.165, 1.54) is 0 Å². The first-order chi connectivity index (χ1) is 9.03. The molecular weight excluding hydrogens is 240 g/mol. The van der Waals surface area contributed by atoms with Crippen LogP contribution in [-0.4, -0.2) is 31.0 Å². The Balaban J connectivity index is 2.91. The van der Waals surface area contributed by atoms with Gasteiger partial charge in [0.15, 0.2) is 0 Å². The Labute approximate surface area is 115 Å². The molecule has 4 nitrogen and oxygen atoms in total. The number of hydrogen-bond acceptors (Lipinski definition) is 3. The van der Waals surface area contributed by atoms with Crippen molar-refractivity contribution in [3.05, 3.63) is 23.8 Å². The van der Waals surface area contributed by atoms with Crippen LogP contribution in [0.5, 0.6) is 5.75 Å². The number of methoxy groups -OCH3 is 1. The van der Waals surface area contributed by atoms with Crippen molar-refractivity contribution in [1.29, 1.82) is 0 Å². The summed E-state index contributed by atoms with van der Waals surface area (Å²) >= 11 is 0. The Morgan fingerprint density at radius 1 is 1.42 bits per heavy atom. The fourth-order valence-corrected chi connectivity index (χ4v) is 1.89. The largest absolute Gasteiger partial charge is 0.495 e. The predicted molar refractivity (Wildman–Crippen MR) is 78.4 cm³/mol. The number of amides is 1. The van der Waals surface area contributed by atoms with Gasteiger partial charge in [0, 0.05) is 18.7 Å². The third-order valence-corrected chi connectivity index (χ3v) is 3.38. The molecule has 1 rings (SSSR count). The second-order valence-corrected chi connectivity index (χ2v) is 4.81. The topological polar surface area (TPSA) is 55.6 Å². The molecule has 4 heteroatoms. The summed E-state index contributed by atoms with van der Waals surface area (Å²) in [5, 5.41) is 0. The lowest BCUT2D eigenvalue weighted by molar-refractivity contribution is 0.0740. The minimum Gasteiger partial charge on any atom is -0.495 e. The lowest BCUT2D eigenvalue weighted by Crippen LogP contribution is -2.34. The van der Waals surface area contributed by atoms with Gasteiger partial charge in [-0.2, -0.15) is 0 Å². The molecule has 19 heavy (non-hydrogen) atoms. The molecule has 1 amide bonds. The molecule has 0 aromatic heterocycles. The van der Waals surface area contributed by atoms with Crippen LogP contribution in [0.15, 0.2) is 18.2 Å². The average Bonchev–Trinajstić information content (AvgIpc) is 2.44. The molecule has 0 aliphatic rings. The van der Waals surface area contributed by atoms with Gasteiger partial charge in [0.05, 0.1) is 12.8 Å². The first-order valence-corrected chi connectivity index (χ1v) is 6.76. The highest BCUT2D eigenvalue weighted by Crippen LogP contribution is 2.23. The Kier molecular flexibility index (Phi) is 5.67. The summed E-state index contributed by atoms with van der Waals surface area (Å²) in [4.78, 5) is 14.3. The van der Waals surface area contributed by atoms with E-state index >= 15 is 0 Å². The fraction of sp³-hybridized carbons (Fsp3) is 0.533. The zero-order valence-corrected chi connectivity index (χ0v) is 12.3. The van der Waals surface area contributed by atoms with Gasteiger partial charge in [-0.15, -0.1) is 0 Å². The van der Waals surface area contributed by atoms with Crippen LogP contribution in [0.4, 0.5) is 5.69 Å². The quantitative estimate of drug-likeness (QED) is 0.804. The summed E-state index contributed by atoms with van der Waals surface area (Å²) in [6, 6.07) is 5.17. The van der Waals surface area contributed by atoms with E-state index in [1.54, 1.807) is 25.3 Å². The van der Waals surface area contributed by atoms with Crippen LogP contribution in [0.1, 0.15) is 37.6 Å². The van der Waals surface area contributed by atoms with Crippen molar-refractivity contribution in [2.45, 2.75) is 27.2 Å². The van der Waals surface area contributed by atoms with Gasteiger partial charge < -0.3 is 15.4 Å². The first-order valence-electron chi connectivity index (χ1n) is 6.76. The van der Waals surface area contributed by atoms with Gasteiger partial charge in [-0.05, 0) is 31.0 Å². The molecule has 0 fully saturated rings. The maximum atomic E-state index is 12.4. The minimum absolute atomic E-state index is 0.0288. The number of carbonyl (C=O) groups is 1. The number of rotatable bonds is 6. The average molecular weight is 264 g/mol. The summed E-state index contributed by atoms with van der Waals surface area (Å²) in [5.41, 5.74) is 6.93. The van der Waals surface area contributed by atoms with Crippen molar-refractivity contribution >= 4 is 11.6 Å². The number of nitrogen functional groups attached to an aromatic ring is 1. The highest BCUT2D eigenvalue weighted by molar-refractivity contribution is 5.95. The van der Waals surface area contributed by atoms with Crippen LogP contribution in [-0.2, 0) is 0 Å². The summed E-state index contributed by atoms with van der Waals surface area (Å²) in [7, 11) is 1.55. The molecule has 0 radical (unpaired) electrons. The first kappa shape index (κ1) is 15.3. The molecule has 2 N–H and O–H groups in total. The monoisotopic (exact) mass is 264 g/mol. The molecule has 0 bridgehead atoms.